The van der Waals surface area contributed by atoms with Crippen molar-refractivity contribution >= 4 is 11.9 Å². The van der Waals surface area contributed by atoms with E-state index >= 15 is 0 Å². The SMILES string of the molecule is C/C=C(/C)C(=O)O[C@@H]1c2cc3c(cc2-c2c(cc(OC)c(OC)c2OC)C[C@@H]2C(=O)OC[C@H]21)OCO3. The highest BCUT2D eigenvalue weighted by Crippen LogP contribution is 2.55. The van der Waals surface area contributed by atoms with E-state index in [0.29, 0.717) is 51.9 Å². The van der Waals surface area contributed by atoms with Crippen molar-refractivity contribution in [1.82, 2.24) is 0 Å². The van der Waals surface area contributed by atoms with Crippen LogP contribution in [-0.2, 0) is 25.5 Å². The van der Waals surface area contributed by atoms with Crippen LogP contribution in [0.3, 0.4) is 0 Å². The van der Waals surface area contributed by atoms with Gasteiger partial charge in [0.25, 0.3) is 0 Å². The van der Waals surface area contributed by atoms with Crippen LogP contribution in [0.15, 0.2) is 29.8 Å². The molecule has 2 heterocycles. The first-order valence-electron chi connectivity index (χ1n) is 11.7. The van der Waals surface area contributed by atoms with Crippen molar-refractivity contribution in [3.8, 4) is 39.9 Å². The number of cyclic esters (lactones) is 1. The van der Waals surface area contributed by atoms with Crippen molar-refractivity contribution < 1.29 is 42.7 Å². The minimum absolute atomic E-state index is 0.0734. The van der Waals surface area contributed by atoms with Crippen molar-refractivity contribution in [1.29, 1.82) is 0 Å². The molecule has 5 rings (SSSR count). The monoisotopic (exact) mass is 496 g/mol. The van der Waals surface area contributed by atoms with Gasteiger partial charge in [-0.25, -0.2) is 4.79 Å². The Bertz CT molecular complexity index is 1260. The topological polar surface area (TPSA) is 98.8 Å². The van der Waals surface area contributed by atoms with Gasteiger partial charge in [-0.15, -0.1) is 0 Å². The number of benzene rings is 2. The minimum atomic E-state index is -0.778. The van der Waals surface area contributed by atoms with Gasteiger partial charge in [-0.1, -0.05) is 6.08 Å². The van der Waals surface area contributed by atoms with Crippen LogP contribution in [0.5, 0.6) is 28.7 Å². The number of methoxy groups -OCH3 is 3. The van der Waals surface area contributed by atoms with Crippen molar-refractivity contribution in [2.24, 2.45) is 11.8 Å². The quantitative estimate of drug-likeness (QED) is 0.449. The summed E-state index contributed by atoms with van der Waals surface area (Å²) in [6, 6.07) is 5.52. The van der Waals surface area contributed by atoms with Crippen LogP contribution >= 0.6 is 0 Å². The van der Waals surface area contributed by atoms with Crippen LogP contribution in [0.2, 0.25) is 0 Å². The first-order chi connectivity index (χ1) is 17.4. The molecule has 3 aliphatic rings. The first-order valence-corrected chi connectivity index (χ1v) is 11.7. The molecule has 2 aromatic carbocycles. The smallest absolute Gasteiger partial charge is 0.333 e. The van der Waals surface area contributed by atoms with Crippen LogP contribution in [0, 0.1) is 11.8 Å². The lowest BCUT2D eigenvalue weighted by molar-refractivity contribution is -0.149. The van der Waals surface area contributed by atoms with Gasteiger partial charge >= 0.3 is 11.9 Å². The van der Waals surface area contributed by atoms with Crippen molar-refractivity contribution in [3.05, 3.63) is 41.0 Å². The summed E-state index contributed by atoms with van der Waals surface area (Å²) in [5.74, 6) is 0.648. The van der Waals surface area contributed by atoms with Gasteiger partial charge in [-0.05, 0) is 49.6 Å². The summed E-state index contributed by atoms with van der Waals surface area (Å²) in [5, 5.41) is 0. The van der Waals surface area contributed by atoms with Gasteiger partial charge in [-0.3, -0.25) is 4.79 Å². The van der Waals surface area contributed by atoms with E-state index in [1.807, 2.05) is 18.2 Å². The van der Waals surface area contributed by atoms with E-state index in [2.05, 4.69) is 0 Å². The van der Waals surface area contributed by atoms with Gasteiger partial charge < -0.3 is 33.2 Å². The van der Waals surface area contributed by atoms with Gasteiger partial charge in [0.1, 0.15) is 6.10 Å². The van der Waals surface area contributed by atoms with E-state index in [1.165, 1.54) is 7.11 Å². The summed E-state index contributed by atoms with van der Waals surface area (Å²) in [5.41, 5.74) is 3.36. The number of carbonyl (C=O) groups excluding carboxylic acids is 2. The molecule has 0 unspecified atom stereocenters. The van der Waals surface area contributed by atoms with Crippen LogP contribution < -0.4 is 23.7 Å². The first kappa shape index (κ1) is 23.8. The molecule has 3 atom stereocenters. The van der Waals surface area contributed by atoms with Crippen LogP contribution in [0.4, 0.5) is 0 Å². The number of ether oxygens (including phenoxy) is 7. The number of hydrogen-bond donors (Lipinski definition) is 0. The summed E-state index contributed by atoms with van der Waals surface area (Å²) < 4.78 is 40.0. The van der Waals surface area contributed by atoms with Gasteiger partial charge in [0.05, 0.1) is 33.9 Å². The lowest BCUT2D eigenvalue weighted by atomic mass is 9.76. The molecular weight excluding hydrogens is 468 g/mol. The van der Waals surface area contributed by atoms with Gasteiger partial charge in [0.2, 0.25) is 12.5 Å². The third kappa shape index (κ3) is 3.70. The maximum absolute atomic E-state index is 13.0. The Balaban J connectivity index is 1.82. The largest absolute Gasteiger partial charge is 0.493 e. The molecule has 0 saturated carbocycles. The average Bonchev–Trinajstić information content (AvgIpc) is 3.50. The zero-order chi connectivity index (χ0) is 25.6. The molecule has 9 nitrogen and oxygen atoms in total. The fourth-order valence-corrected chi connectivity index (χ4v) is 5.13. The number of allylic oxidation sites excluding steroid dienone is 1. The van der Waals surface area contributed by atoms with Crippen molar-refractivity contribution in [2.75, 3.05) is 34.7 Å². The molecule has 36 heavy (non-hydrogen) atoms. The Labute approximate surface area is 208 Å². The second kappa shape index (κ2) is 9.29. The maximum atomic E-state index is 13.0. The molecule has 0 aromatic heterocycles. The molecule has 0 N–H and O–H groups in total. The molecule has 0 spiro atoms. The lowest BCUT2D eigenvalue weighted by Gasteiger charge is -2.32. The number of esters is 2. The lowest BCUT2D eigenvalue weighted by Crippen LogP contribution is -2.30. The van der Waals surface area contributed by atoms with E-state index in [1.54, 1.807) is 34.1 Å². The second-order valence-corrected chi connectivity index (χ2v) is 8.87. The van der Waals surface area contributed by atoms with E-state index < -0.39 is 23.9 Å². The molecule has 1 saturated heterocycles. The Kier molecular flexibility index (Phi) is 6.15. The summed E-state index contributed by atoms with van der Waals surface area (Å²) >= 11 is 0. The van der Waals surface area contributed by atoms with Gasteiger partial charge in [-0.2, -0.15) is 0 Å². The Morgan fingerprint density at radius 1 is 1.00 bits per heavy atom. The number of carbonyl (C=O) groups is 2. The van der Waals surface area contributed by atoms with Crippen LogP contribution in [-0.4, -0.2) is 46.7 Å². The molecule has 2 aliphatic heterocycles. The van der Waals surface area contributed by atoms with Gasteiger partial charge in [0.15, 0.2) is 23.0 Å². The normalized spacial score (nSPS) is 21.9. The molecule has 1 fully saturated rings. The summed E-state index contributed by atoms with van der Waals surface area (Å²) in [4.78, 5) is 25.9. The number of rotatable bonds is 5. The Hall–Kier alpha value is -3.88. The molecule has 0 radical (unpaired) electrons. The number of hydrogen-bond acceptors (Lipinski definition) is 9. The van der Waals surface area contributed by atoms with Crippen molar-refractivity contribution in [2.45, 2.75) is 26.4 Å². The van der Waals surface area contributed by atoms with Gasteiger partial charge in [0, 0.05) is 22.6 Å². The molecule has 1 aliphatic carbocycles. The van der Waals surface area contributed by atoms with E-state index in [-0.39, 0.29) is 19.4 Å². The summed E-state index contributed by atoms with van der Waals surface area (Å²) in [6.07, 6.45) is 1.24. The molecule has 2 aromatic rings. The second-order valence-electron chi connectivity index (χ2n) is 8.87. The molecule has 190 valence electrons. The zero-order valence-electron chi connectivity index (χ0n) is 20.8. The molecular formula is C27H28O9. The Morgan fingerprint density at radius 3 is 2.39 bits per heavy atom. The summed E-state index contributed by atoms with van der Waals surface area (Å²) in [7, 11) is 4.62. The molecule has 0 amide bonds. The van der Waals surface area contributed by atoms with E-state index in [9.17, 15) is 9.59 Å². The van der Waals surface area contributed by atoms with Crippen LogP contribution in [0.25, 0.3) is 11.1 Å². The zero-order valence-corrected chi connectivity index (χ0v) is 20.8. The fourth-order valence-electron chi connectivity index (χ4n) is 5.13. The highest BCUT2D eigenvalue weighted by Gasteiger charge is 2.47. The third-order valence-electron chi connectivity index (χ3n) is 7.09. The third-order valence-corrected chi connectivity index (χ3v) is 7.09. The fraction of sp³-hybridized carbons (Fsp3) is 0.407. The van der Waals surface area contributed by atoms with Crippen molar-refractivity contribution in [3.63, 3.8) is 0 Å². The predicted octanol–water partition coefficient (Wildman–Crippen LogP) is 4.00. The summed E-state index contributed by atoms with van der Waals surface area (Å²) in [6.45, 7) is 3.66. The highest BCUT2D eigenvalue weighted by molar-refractivity contribution is 5.89. The highest BCUT2D eigenvalue weighted by atomic mass is 16.7. The average molecular weight is 497 g/mol. The standard InChI is InChI=1S/C27H28O9/c1-6-13(2)26(28)36-23-16-10-20-19(34-12-35-20)9-15(16)22-14(7-17-18(23)11-33-27(17)29)8-21(30-3)24(31-4)25(22)32-5/h6,8-10,17-18,23H,7,11-12H2,1-5H3/b13-6-/t17-,18+,23+/m0/s1. The molecule has 9 heteroatoms. The number of fused-ring (bicyclic) bond motifs is 5. The van der Waals surface area contributed by atoms with E-state index in [4.69, 9.17) is 33.2 Å². The Morgan fingerprint density at radius 2 is 1.72 bits per heavy atom. The molecule has 0 bridgehead atoms. The predicted molar refractivity (Wildman–Crippen MR) is 128 cm³/mol. The minimum Gasteiger partial charge on any atom is -0.493 e. The van der Waals surface area contributed by atoms with E-state index in [0.717, 1.165) is 11.1 Å². The maximum Gasteiger partial charge on any atom is 0.333 e. The van der Waals surface area contributed by atoms with Crippen LogP contribution in [0.1, 0.15) is 31.1 Å².